The van der Waals surface area contributed by atoms with Crippen molar-refractivity contribution in [2.75, 3.05) is 31.2 Å². The van der Waals surface area contributed by atoms with E-state index in [1.807, 2.05) is 0 Å². The van der Waals surface area contributed by atoms with Crippen molar-refractivity contribution in [3.05, 3.63) is 0 Å². The van der Waals surface area contributed by atoms with Crippen molar-refractivity contribution in [2.45, 2.75) is 51.8 Å². The minimum Gasteiger partial charge on any atom is -0.444 e. The maximum Gasteiger partial charge on any atom is 0.410 e. The molecule has 146 valence electrons. The molecule has 1 N–H and O–H groups in total. The second-order valence-electron chi connectivity index (χ2n) is 7.87. The second-order valence-corrected chi connectivity index (χ2v) is 12.2. The normalized spacial score (nSPS) is 27.9. The van der Waals surface area contributed by atoms with Gasteiger partial charge in [-0.25, -0.2) is 13.2 Å². The molecule has 8 nitrogen and oxygen atoms in total. The van der Waals surface area contributed by atoms with Crippen LogP contribution in [-0.2, 0) is 23.7 Å². The highest BCUT2D eigenvalue weighted by molar-refractivity contribution is 7.91. The highest BCUT2D eigenvalue weighted by Gasteiger charge is 2.58. The fourth-order valence-corrected chi connectivity index (χ4v) is 7.20. The van der Waals surface area contributed by atoms with Gasteiger partial charge in [-0.05, 0) is 40.5 Å². The van der Waals surface area contributed by atoms with Crippen molar-refractivity contribution in [3.63, 3.8) is 0 Å². The van der Waals surface area contributed by atoms with Gasteiger partial charge in [0.15, 0.2) is 0 Å². The molecule has 1 amide bonds. The van der Waals surface area contributed by atoms with Gasteiger partial charge >= 0.3 is 13.7 Å². The predicted molar refractivity (Wildman–Crippen MR) is 93.4 cm³/mol. The molecule has 0 aromatic rings. The number of carbonyl (C=O) groups is 1. The van der Waals surface area contributed by atoms with Crippen LogP contribution in [0.15, 0.2) is 0 Å². The van der Waals surface area contributed by atoms with E-state index in [-0.39, 0.29) is 44.0 Å². The Labute approximate surface area is 149 Å². The van der Waals surface area contributed by atoms with Gasteiger partial charge in [-0.2, -0.15) is 0 Å². The molecule has 0 bridgehead atoms. The number of amides is 1. The first kappa shape index (κ1) is 20.7. The van der Waals surface area contributed by atoms with Crippen LogP contribution in [-0.4, -0.2) is 66.8 Å². The number of hydrogen-bond donors (Lipinski definition) is 1. The first-order valence-corrected chi connectivity index (χ1v) is 11.9. The van der Waals surface area contributed by atoms with Gasteiger partial charge < -0.3 is 19.1 Å². The number of nitrogens with zero attached hydrogens (tertiary/aromatic N) is 1. The Bertz CT molecular complexity index is 656. The van der Waals surface area contributed by atoms with E-state index >= 15 is 0 Å². The molecule has 0 aliphatic carbocycles. The zero-order valence-corrected chi connectivity index (χ0v) is 16.9. The Balaban J connectivity index is 2.28. The van der Waals surface area contributed by atoms with Crippen LogP contribution >= 0.6 is 7.60 Å². The van der Waals surface area contributed by atoms with Crippen molar-refractivity contribution in [3.8, 4) is 0 Å². The minimum atomic E-state index is -3.99. The van der Waals surface area contributed by atoms with Crippen molar-refractivity contribution in [1.82, 2.24) is 4.90 Å². The molecule has 25 heavy (non-hydrogen) atoms. The van der Waals surface area contributed by atoms with Crippen LogP contribution in [0.25, 0.3) is 0 Å². The van der Waals surface area contributed by atoms with E-state index in [0.29, 0.717) is 0 Å². The Kier molecular flexibility index (Phi) is 5.65. The van der Waals surface area contributed by atoms with Crippen LogP contribution in [0.1, 0.15) is 40.5 Å². The van der Waals surface area contributed by atoms with E-state index in [1.165, 1.54) is 4.90 Å². The lowest BCUT2D eigenvalue weighted by molar-refractivity contribution is 0.0270. The maximum atomic E-state index is 12.7. The first-order valence-electron chi connectivity index (χ1n) is 8.46. The van der Waals surface area contributed by atoms with Crippen LogP contribution in [0.2, 0.25) is 0 Å². The van der Waals surface area contributed by atoms with E-state index in [9.17, 15) is 22.7 Å². The molecule has 2 aliphatic heterocycles. The third-order valence-electron chi connectivity index (χ3n) is 4.79. The van der Waals surface area contributed by atoms with Crippen molar-refractivity contribution >= 4 is 23.5 Å². The van der Waals surface area contributed by atoms with E-state index in [4.69, 9.17) is 9.26 Å². The average Bonchev–Trinajstić information content (AvgIpc) is 2.82. The van der Waals surface area contributed by atoms with Gasteiger partial charge in [0, 0.05) is 18.5 Å². The predicted octanol–water partition coefficient (Wildman–Crippen LogP) is 2.02. The molecule has 10 heteroatoms. The SMILES string of the molecule is CCOP(=O)(O)C1CN(C(=O)OC(C)(C)C)CC12CCS(=O)(=O)CC2. The summed E-state index contributed by atoms with van der Waals surface area (Å²) >= 11 is 0. The van der Waals surface area contributed by atoms with Gasteiger partial charge in [0.1, 0.15) is 15.4 Å². The maximum absolute atomic E-state index is 12.7. The number of hydrogen-bond acceptors (Lipinski definition) is 6. The van der Waals surface area contributed by atoms with Gasteiger partial charge in [-0.1, -0.05) is 0 Å². The van der Waals surface area contributed by atoms with Crippen molar-refractivity contribution in [2.24, 2.45) is 5.41 Å². The molecule has 0 saturated carbocycles. The minimum absolute atomic E-state index is 0.0305. The number of ether oxygens (including phenoxy) is 1. The Morgan fingerprint density at radius 1 is 1.32 bits per heavy atom. The third-order valence-corrected chi connectivity index (χ3v) is 8.57. The fourth-order valence-electron chi connectivity index (χ4n) is 3.58. The lowest BCUT2D eigenvalue weighted by atomic mass is 9.81. The standard InChI is InChI=1S/C15H28NO7PS/c1-5-22-24(18,19)12-10-16(13(17)23-14(2,3)4)11-15(12)6-8-25(20,21)9-7-15/h12H,5-11H2,1-4H3,(H,18,19). The topological polar surface area (TPSA) is 110 Å². The van der Waals surface area contributed by atoms with E-state index in [1.54, 1.807) is 27.7 Å². The highest BCUT2D eigenvalue weighted by Crippen LogP contribution is 2.60. The zero-order chi connectivity index (χ0) is 19.1. The van der Waals surface area contributed by atoms with E-state index in [0.717, 1.165) is 0 Å². The molecule has 2 rings (SSSR count). The van der Waals surface area contributed by atoms with Crippen LogP contribution < -0.4 is 0 Å². The summed E-state index contributed by atoms with van der Waals surface area (Å²) in [6.45, 7) is 7.19. The molecule has 2 atom stereocenters. The zero-order valence-electron chi connectivity index (χ0n) is 15.2. The van der Waals surface area contributed by atoms with Gasteiger partial charge in [-0.3, -0.25) is 4.57 Å². The lowest BCUT2D eigenvalue weighted by Gasteiger charge is -2.38. The van der Waals surface area contributed by atoms with Crippen molar-refractivity contribution in [1.29, 1.82) is 0 Å². The molecule has 2 heterocycles. The molecular formula is C15H28NO7PS. The van der Waals surface area contributed by atoms with Crippen LogP contribution in [0, 0.1) is 5.41 Å². The summed E-state index contributed by atoms with van der Waals surface area (Å²) in [5.74, 6) is -0.0877. The summed E-state index contributed by atoms with van der Waals surface area (Å²) < 4.78 is 46.8. The number of rotatable bonds is 3. The molecule has 0 aromatic carbocycles. The molecular weight excluding hydrogens is 369 g/mol. The summed E-state index contributed by atoms with van der Waals surface area (Å²) in [7, 11) is -7.13. The third kappa shape index (κ3) is 4.76. The lowest BCUT2D eigenvalue weighted by Crippen LogP contribution is -2.42. The average molecular weight is 397 g/mol. The Morgan fingerprint density at radius 3 is 2.36 bits per heavy atom. The van der Waals surface area contributed by atoms with E-state index < -0.39 is 40.2 Å². The van der Waals surface area contributed by atoms with Gasteiger partial charge in [0.05, 0.1) is 23.8 Å². The molecule has 2 saturated heterocycles. The first-order chi connectivity index (χ1) is 11.3. The largest absolute Gasteiger partial charge is 0.444 e. The second kappa shape index (κ2) is 6.83. The Morgan fingerprint density at radius 2 is 1.88 bits per heavy atom. The van der Waals surface area contributed by atoms with Crippen LogP contribution in [0.5, 0.6) is 0 Å². The fraction of sp³-hybridized carbons (Fsp3) is 0.933. The molecule has 0 aromatic heterocycles. The van der Waals surface area contributed by atoms with Crippen LogP contribution in [0.3, 0.4) is 0 Å². The summed E-state index contributed by atoms with van der Waals surface area (Å²) in [4.78, 5) is 24.2. The van der Waals surface area contributed by atoms with E-state index in [2.05, 4.69) is 0 Å². The molecule has 2 aliphatic rings. The monoisotopic (exact) mass is 397 g/mol. The molecule has 2 unspecified atom stereocenters. The van der Waals surface area contributed by atoms with Crippen molar-refractivity contribution < 1.29 is 31.9 Å². The number of likely N-dealkylation sites (tertiary alicyclic amines) is 1. The molecule has 0 radical (unpaired) electrons. The quantitative estimate of drug-likeness (QED) is 0.726. The number of sulfone groups is 1. The summed E-state index contributed by atoms with van der Waals surface area (Å²) in [5.41, 5.74) is -2.22. The molecule has 1 spiro atoms. The summed E-state index contributed by atoms with van der Waals surface area (Å²) in [5, 5.41) is 0. The Hall–Kier alpha value is -0.630. The van der Waals surface area contributed by atoms with Gasteiger partial charge in [0.2, 0.25) is 0 Å². The summed E-state index contributed by atoms with van der Waals surface area (Å²) in [6, 6.07) is 0. The number of carbonyl (C=O) groups excluding carboxylic acids is 1. The van der Waals surface area contributed by atoms with Crippen LogP contribution in [0.4, 0.5) is 4.79 Å². The molecule has 2 fully saturated rings. The van der Waals surface area contributed by atoms with Gasteiger partial charge in [-0.15, -0.1) is 0 Å². The summed E-state index contributed by atoms with van der Waals surface area (Å²) in [6.07, 6.45) is -0.0623. The highest BCUT2D eigenvalue weighted by atomic mass is 32.2. The van der Waals surface area contributed by atoms with Gasteiger partial charge in [0.25, 0.3) is 0 Å². The smallest absolute Gasteiger partial charge is 0.410 e.